The van der Waals surface area contributed by atoms with Gasteiger partial charge in [0.2, 0.25) is 0 Å². The highest BCUT2D eigenvalue weighted by Gasteiger charge is 2.24. The SMILES string of the molecule is Cc1cc(OCCCC2CCN(c3noc(C(F)F)n3)CC2)ccc1C(=O)N[C@H](C)CO. The molecule has 2 aromatic rings. The molecule has 1 saturated heterocycles. The fourth-order valence-corrected chi connectivity index (χ4v) is 3.76. The van der Waals surface area contributed by atoms with E-state index in [1.54, 1.807) is 19.1 Å². The molecule has 1 aliphatic rings. The normalized spacial score (nSPS) is 15.8. The van der Waals surface area contributed by atoms with Crippen molar-refractivity contribution in [2.24, 2.45) is 5.92 Å². The topological polar surface area (TPSA) is 101 Å². The summed E-state index contributed by atoms with van der Waals surface area (Å²) in [6.07, 6.45) is 1.04. The number of benzene rings is 1. The van der Waals surface area contributed by atoms with Crippen LogP contribution in [0.2, 0.25) is 0 Å². The highest BCUT2D eigenvalue weighted by Crippen LogP contribution is 2.26. The first kappa shape index (κ1) is 23.9. The molecule has 0 spiro atoms. The zero-order chi connectivity index (χ0) is 23.1. The Kier molecular flexibility index (Phi) is 8.38. The van der Waals surface area contributed by atoms with Crippen LogP contribution in [0.15, 0.2) is 22.7 Å². The van der Waals surface area contributed by atoms with Crippen molar-refractivity contribution in [2.75, 3.05) is 31.2 Å². The number of hydrogen-bond donors (Lipinski definition) is 2. The van der Waals surface area contributed by atoms with Gasteiger partial charge in [-0.25, -0.2) is 0 Å². The fraction of sp³-hybridized carbons (Fsp3) is 0.591. The molecule has 32 heavy (non-hydrogen) atoms. The highest BCUT2D eigenvalue weighted by atomic mass is 19.3. The van der Waals surface area contributed by atoms with Crippen molar-refractivity contribution in [1.82, 2.24) is 15.5 Å². The summed E-state index contributed by atoms with van der Waals surface area (Å²) in [6.45, 7) is 5.49. The zero-order valence-corrected chi connectivity index (χ0v) is 18.4. The van der Waals surface area contributed by atoms with Crippen LogP contribution < -0.4 is 15.0 Å². The summed E-state index contributed by atoms with van der Waals surface area (Å²) in [6, 6.07) is 5.06. The minimum atomic E-state index is -2.75. The highest BCUT2D eigenvalue weighted by molar-refractivity contribution is 5.95. The monoisotopic (exact) mass is 452 g/mol. The number of nitrogens with zero attached hydrogens (tertiary/aromatic N) is 3. The first-order valence-corrected chi connectivity index (χ1v) is 10.9. The Morgan fingerprint density at radius 3 is 2.75 bits per heavy atom. The van der Waals surface area contributed by atoms with Gasteiger partial charge in [-0.3, -0.25) is 4.79 Å². The Hall–Kier alpha value is -2.75. The lowest BCUT2D eigenvalue weighted by Gasteiger charge is -2.30. The van der Waals surface area contributed by atoms with Crippen LogP contribution in [0.1, 0.15) is 60.8 Å². The van der Waals surface area contributed by atoms with Gasteiger partial charge in [0.15, 0.2) is 0 Å². The molecule has 0 saturated carbocycles. The van der Waals surface area contributed by atoms with Crippen molar-refractivity contribution in [3.63, 3.8) is 0 Å². The fourth-order valence-electron chi connectivity index (χ4n) is 3.76. The van der Waals surface area contributed by atoms with Crippen molar-refractivity contribution in [2.45, 2.75) is 52.0 Å². The average Bonchev–Trinajstić information content (AvgIpc) is 3.28. The second kappa shape index (κ2) is 11.2. The summed E-state index contributed by atoms with van der Waals surface area (Å²) in [5.74, 6) is 0.644. The molecule has 1 amide bonds. The van der Waals surface area contributed by atoms with Gasteiger partial charge in [0, 0.05) is 24.7 Å². The van der Waals surface area contributed by atoms with E-state index in [0.29, 0.717) is 31.2 Å². The van der Waals surface area contributed by atoms with Crippen LogP contribution >= 0.6 is 0 Å². The first-order chi connectivity index (χ1) is 15.4. The van der Waals surface area contributed by atoms with Gasteiger partial charge >= 0.3 is 6.43 Å². The first-order valence-electron chi connectivity index (χ1n) is 10.9. The lowest BCUT2D eigenvalue weighted by atomic mass is 9.92. The van der Waals surface area contributed by atoms with Gasteiger partial charge in [0.1, 0.15) is 5.75 Å². The minimum Gasteiger partial charge on any atom is -0.494 e. The van der Waals surface area contributed by atoms with E-state index in [9.17, 15) is 13.6 Å². The summed E-state index contributed by atoms with van der Waals surface area (Å²) in [5, 5.41) is 15.4. The molecule has 8 nitrogen and oxygen atoms in total. The Morgan fingerprint density at radius 2 is 2.12 bits per heavy atom. The molecule has 10 heteroatoms. The number of aliphatic hydroxyl groups excluding tert-OH is 1. The third-order valence-corrected chi connectivity index (χ3v) is 5.63. The summed E-state index contributed by atoms with van der Waals surface area (Å²) >= 11 is 0. The van der Waals surface area contributed by atoms with E-state index >= 15 is 0 Å². The van der Waals surface area contributed by atoms with Crippen molar-refractivity contribution >= 4 is 11.9 Å². The molecule has 0 radical (unpaired) electrons. The van der Waals surface area contributed by atoms with Gasteiger partial charge in [-0.05, 0) is 74.4 Å². The number of aryl methyl sites for hydroxylation is 1. The van der Waals surface area contributed by atoms with Gasteiger partial charge in [-0.2, -0.15) is 13.8 Å². The van der Waals surface area contributed by atoms with E-state index in [0.717, 1.165) is 37.0 Å². The molecule has 1 fully saturated rings. The van der Waals surface area contributed by atoms with Crippen molar-refractivity contribution in [1.29, 1.82) is 0 Å². The number of nitrogens with one attached hydrogen (secondary N) is 1. The number of hydrogen-bond acceptors (Lipinski definition) is 7. The molecule has 0 aliphatic carbocycles. The van der Waals surface area contributed by atoms with Crippen molar-refractivity contribution < 1.29 is 27.9 Å². The zero-order valence-electron chi connectivity index (χ0n) is 18.4. The minimum absolute atomic E-state index is 0.109. The largest absolute Gasteiger partial charge is 0.494 e. The number of aliphatic hydroxyl groups is 1. The smallest absolute Gasteiger partial charge is 0.316 e. The number of amides is 1. The van der Waals surface area contributed by atoms with E-state index in [1.165, 1.54) is 0 Å². The molecule has 176 valence electrons. The van der Waals surface area contributed by atoms with Crippen LogP contribution in [0.5, 0.6) is 5.75 Å². The van der Waals surface area contributed by atoms with Crippen molar-refractivity contribution in [3.05, 3.63) is 35.2 Å². The van der Waals surface area contributed by atoms with Gasteiger partial charge < -0.3 is 24.6 Å². The second-order valence-electron chi connectivity index (χ2n) is 8.19. The maximum Gasteiger partial charge on any atom is 0.316 e. The molecule has 2 heterocycles. The Balaban J connectivity index is 1.37. The summed E-state index contributed by atoms with van der Waals surface area (Å²) in [4.78, 5) is 17.8. The molecule has 3 rings (SSSR count). The maximum atomic E-state index is 12.6. The number of aromatic nitrogens is 2. The predicted octanol–water partition coefficient (Wildman–Crippen LogP) is 3.50. The van der Waals surface area contributed by atoms with Crippen molar-refractivity contribution in [3.8, 4) is 5.75 Å². The number of ether oxygens (including phenoxy) is 1. The van der Waals surface area contributed by atoms with Gasteiger partial charge in [-0.1, -0.05) is 0 Å². The number of anilines is 1. The Labute approximate surface area is 185 Å². The molecular weight excluding hydrogens is 422 g/mol. The number of piperidine rings is 1. The predicted molar refractivity (Wildman–Crippen MR) is 114 cm³/mol. The summed E-state index contributed by atoms with van der Waals surface area (Å²) < 4.78 is 35.6. The number of carbonyl (C=O) groups is 1. The van der Waals surface area contributed by atoms with Gasteiger partial charge in [0.05, 0.1) is 13.2 Å². The summed E-state index contributed by atoms with van der Waals surface area (Å²) in [5.41, 5.74) is 1.38. The quantitative estimate of drug-likeness (QED) is 0.532. The second-order valence-corrected chi connectivity index (χ2v) is 8.19. The molecule has 1 aliphatic heterocycles. The number of rotatable bonds is 10. The lowest BCUT2D eigenvalue weighted by molar-refractivity contribution is 0.0921. The standard InChI is InChI=1S/C22H30F2N4O4/c1-14-12-17(5-6-18(14)20(30)25-15(2)13-29)31-11-3-4-16-7-9-28(10-8-16)22-26-21(19(23)24)32-27-22/h5-6,12,15-16,19,29H,3-4,7-11,13H2,1-2H3,(H,25,30)/t15-/m1/s1. The lowest BCUT2D eigenvalue weighted by Crippen LogP contribution is -2.35. The molecule has 2 N–H and O–H groups in total. The van der Waals surface area contributed by atoms with E-state index in [2.05, 4.69) is 20.0 Å². The average molecular weight is 453 g/mol. The Morgan fingerprint density at radius 1 is 1.38 bits per heavy atom. The van der Waals surface area contributed by atoms with E-state index < -0.39 is 12.3 Å². The molecule has 1 aromatic heterocycles. The molecule has 1 aromatic carbocycles. The maximum absolute atomic E-state index is 12.6. The van der Waals surface area contributed by atoms with Gasteiger partial charge in [0.25, 0.3) is 17.7 Å². The summed E-state index contributed by atoms with van der Waals surface area (Å²) in [7, 11) is 0. The molecular formula is C22H30F2N4O4. The third kappa shape index (κ3) is 6.38. The van der Waals surface area contributed by atoms with Crippen LogP contribution in [0.25, 0.3) is 0 Å². The Bertz CT molecular complexity index is 885. The molecule has 1 atom stereocenters. The van der Waals surface area contributed by atoms with Crippen LogP contribution in [-0.2, 0) is 0 Å². The van der Waals surface area contributed by atoms with Gasteiger partial charge in [-0.15, -0.1) is 0 Å². The number of alkyl halides is 2. The van der Waals surface area contributed by atoms with Crippen LogP contribution in [0.3, 0.4) is 0 Å². The molecule has 0 bridgehead atoms. The number of halogens is 2. The molecule has 0 unspecified atom stereocenters. The van der Waals surface area contributed by atoms with E-state index in [-0.39, 0.29) is 24.5 Å². The van der Waals surface area contributed by atoms with E-state index in [1.807, 2.05) is 17.9 Å². The van der Waals surface area contributed by atoms with E-state index in [4.69, 9.17) is 9.84 Å². The third-order valence-electron chi connectivity index (χ3n) is 5.63. The van der Waals surface area contributed by atoms with Crippen LogP contribution in [0.4, 0.5) is 14.7 Å². The number of carbonyl (C=O) groups excluding carboxylic acids is 1. The van der Waals surface area contributed by atoms with Crippen LogP contribution in [0, 0.1) is 12.8 Å². The van der Waals surface area contributed by atoms with Crippen LogP contribution in [-0.4, -0.2) is 53.5 Å².